The highest BCUT2D eigenvalue weighted by Crippen LogP contribution is 2.29. The fourth-order valence-corrected chi connectivity index (χ4v) is 2.62. The molecule has 1 saturated heterocycles. The summed E-state index contributed by atoms with van der Waals surface area (Å²) in [7, 11) is 0. The van der Waals surface area contributed by atoms with Gasteiger partial charge in [-0.2, -0.15) is 13.2 Å². The summed E-state index contributed by atoms with van der Waals surface area (Å²) in [5.74, 6) is 0.169. The summed E-state index contributed by atoms with van der Waals surface area (Å²) in [6.07, 6.45) is -3.47. The molecule has 1 aliphatic heterocycles. The van der Waals surface area contributed by atoms with Crippen LogP contribution in [0.1, 0.15) is 24.5 Å². The van der Waals surface area contributed by atoms with Crippen LogP contribution in [-0.4, -0.2) is 29.3 Å². The SMILES string of the molecule is CC1CN(C(=O)Cc2ccc(C(F)(F)F)cc2)CCC1Cl. The second-order valence-electron chi connectivity index (χ2n) is 5.49. The van der Waals surface area contributed by atoms with Gasteiger partial charge in [-0.05, 0) is 30.0 Å². The van der Waals surface area contributed by atoms with Gasteiger partial charge < -0.3 is 4.90 Å². The van der Waals surface area contributed by atoms with Gasteiger partial charge >= 0.3 is 6.18 Å². The van der Waals surface area contributed by atoms with Gasteiger partial charge in [0, 0.05) is 18.5 Å². The second kappa shape index (κ2) is 6.26. The summed E-state index contributed by atoms with van der Waals surface area (Å²) in [6.45, 7) is 3.21. The molecule has 0 spiro atoms. The molecule has 1 fully saturated rings. The quantitative estimate of drug-likeness (QED) is 0.761. The molecule has 0 saturated carbocycles. The lowest BCUT2D eigenvalue weighted by molar-refractivity contribution is -0.137. The maximum Gasteiger partial charge on any atom is 0.416 e. The predicted molar refractivity (Wildman–Crippen MR) is 75.2 cm³/mol. The lowest BCUT2D eigenvalue weighted by atomic mass is 9.98. The van der Waals surface area contributed by atoms with E-state index >= 15 is 0 Å². The summed E-state index contributed by atoms with van der Waals surface area (Å²) in [4.78, 5) is 13.9. The molecule has 1 aromatic rings. The van der Waals surface area contributed by atoms with Crippen molar-refractivity contribution in [2.45, 2.75) is 31.3 Å². The Balaban J connectivity index is 1.97. The topological polar surface area (TPSA) is 20.3 Å². The normalized spacial score (nSPS) is 23.2. The molecular weight excluding hydrogens is 303 g/mol. The number of nitrogens with zero attached hydrogens (tertiary/aromatic N) is 1. The van der Waals surface area contributed by atoms with Crippen LogP contribution in [-0.2, 0) is 17.4 Å². The fraction of sp³-hybridized carbons (Fsp3) is 0.533. The monoisotopic (exact) mass is 319 g/mol. The molecule has 2 nitrogen and oxygen atoms in total. The molecule has 0 N–H and O–H groups in total. The molecule has 0 aliphatic carbocycles. The van der Waals surface area contributed by atoms with E-state index < -0.39 is 11.7 Å². The lowest BCUT2D eigenvalue weighted by Crippen LogP contribution is -2.44. The van der Waals surface area contributed by atoms with Crippen LogP contribution in [0.2, 0.25) is 0 Å². The lowest BCUT2D eigenvalue weighted by Gasteiger charge is -2.34. The van der Waals surface area contributed by atoms with Gasteiger partial charge in [-0.1, -0.05) is 19.1 Å². The molecule has 0 aromatic heterocycles. The number of likely N-dealkylation sites (tertiary alicyclic amines) is 1. The van der Waals surface area contributed by atoms with Crippen LogP contribution < -0.4 is 0 Å². The third-order valence-corrected chi connectivity index (χ3v) is 4.44. The zero-order chi connectivity index (χ0) is 15.6. The first-order valence-corrected chi connectivity index (χ1v) is 7.29. The third-order valence-electron chi connectivity index (χ3n) is 3.79. The molecule has 1 heterocycles. The van der Waals surface area contributed by atoms with Crippen LogP contribution in [0, 0.1) is 5.92 Å². The Kier molecular flexibility index (Phi) is 4.81. The van der Waals surface area contributed by atoms with E-state index in [1.807, 2.05) is 6.92 Å². The number of rotatable bonds is 2. The van der Waals surface area contributed by atoms with Crippen molar-refractivity contribution in [1.82, 2.24) is 4.90 Å². The minimum absolute atomic E-state index is 0.0647. The highest BCUT2D eigenvalue weighted by atomic mass is 35.5. The molecule has 1 aliphatic rings. The van der Waals surface area contributed by atoms with Crippen LogP contribution in [0.15, 0.2) is 24.3 Å². The van der Waals surface area contributed by atoms with Crippen molar-refractivity contribution in [2.24, 2.45) is 5.92 Å². The highest BCUT2D eigenvalue weighted by Gasteiger charge is 2.30. The van der Waals surface area contributed by atoms with E-state index in [0.29, 0.717) is 18.7 Å². The zero-order valence-electron chi connectivity index (χ0n) is 11.7. The van der Waals surface area contributed by atoms with Crippen molar-refractivity contribution in [3.8, 4) is 0 Å². The molecule has 0 bridgehead atoms. The number of halogens is 4. The fourth-order valence-electron chi connectivity index (χ4n) is 2.44. The number of benzene rings is 1. The van der Waals surface area contributed by atoms with Gasteiger partial charge in [0.2, 0.25) is 5.91 Å². The Labute approximate surface area is 126 Å². The molecule has 6 heteroatoms. The number of amides is 1. The maximum absolute atomic E-state index is 12.5. The van der Waals surface area contributed by atoms with Crippen molar-refractivity contribution in [1.29, 1.82) is 0 Å². The maximum atomic E-state index is 12.5. The minimum Gasteiger partial charge on any atom is -0.342 e. The molecule has 2 unspecified atom stereocenters. The Morgan fingerprint density at radius 1 is 1.33 bits per heavy atom. The molecule has 2 rings (SSSR count). The second-order valence-corrected chi connectivity index (χ2v) is 6.05. The Morgan fingerprint density at radius 2 is 1.95 bits per heavy atom. The number of piperidine rings is 1. The van der Waals surface area contributed by atoms with Gasteiger partial charge in [-0.25, -0.2) is 0 Å². The van der Waals surface area contributed by atoms with Crippen LogP contribution in [0.5, 0.6) is 0 Å². The van der Waals surface area contributed by atoms with Crippen molar-refractivity contribution < 1.29 is 18.0 Å². The molecule has 2 atom stereocenters. The van der Waals surface area contributed by atoms with Crippen LogP contribution in [0.3, 0.4) is 0 Å². The predicted octanol–water partition coefficient (Wildman–Crippen LogP) is 3.72. The van der Waals surface area contributed by atoms with E-state index in [9.17, 15) is 18.0 Å². The van der Waals surface area contributed by atoms with Crippen LogP contribution in [0.25, 0.3) is 0 Å². The first kappa shape index (κ1) is 16.1. The average Bonchev–Trinajstić information content (AvgIpc) is 2.41. The summed E-state index contributed by atoms with van der Waals surface area (Å²) >= 11 is 6.11. The van der Waals surface area contributed by atoms with Gasteiger partial charge in [0.1, 0.15) is 0 Å². The summed E-state index contributed by atoms with van der Waals surface area (Å²) < 4.78 is 37.4. The summed E-state index contributed by atoms with van der Waals surface area (Å²) in [5.41, 5.74) is -0.107. The molecule has 1 amide bonds. The standard InChI is InChI=1S/C15H17ClF3NO/c1-10-9-20(7-6-13(10)16)14(21)8-11-2-4-12(5-3-11)15(17,18)19/h2-5,10,13H,6-9H2,1H3. The summed E-state index contributed by atoms with van der Waals surface area (Å²) in [5, 5.41) is 0.0834. The minimum atomic E-state index is -4.35. The Morgan fingerprint density at radius 3 is 2.48 bits per heavy atom. The number of carbonyl (C=O) groups excluding carboxylic acids is 1. The number of hydrogen-bond acceptors (Lipinski definition) is 1. The van der Waals surface area contributed by atoms with E-state index in [1.54, 1.807) is 4.90 Å². The van der Waals surface area contributed by atoms with Gasteiger partial charge in [0.25, 0.3) is 0 Å². The van der Waals surface area contributed by atoms with Crippen LogP contribution in [0.4, 0.5) is 13.2 Å². The van der Waals surface area contributed by atoms with Gasteiger partial charge in [-0.15, -0.1) is 11.6 Å². The van der Waals surface area contributed by atoms with E-state index in [0.717, 1.165) is 18.6 Å². The van der Waals surface area contributed by atoms with Gasteiger partial charge in [-0.3, -0.25) is 4.79 Å². The van der Waals surface area contributed by atoms with Crippen molar-refractivity contribution in [3.63, 3.8) is 0 Å². The highest BCUT2D eigenvalue weighted by molar-refractivity contribution is 6.20. The molecule has 1 aromatic carbocycles. The largest absolute Gasteiger partial charge is 0.416 e. The molecule has 116 valence electrons. The Hall–Kier alpha value is -1.23. The van der Waals surface area contributed by atoms with Crippen molar-refractivity contribution in [3.05, 3.63) is 35.4 Å². The van der Waals surface area contributed by atoms with E-state index in [-0.39, 0.29) is 23.6 Å². The number of carbonyl (C=O) groups is 1. The van der Waals surface area contributed by atoms with E-state index in [4.69, 9.17) is 11.6 Å². The van der Waals surface area contributed by atoms with Crippen molar-refractivity contribution in [2.75, 3.05) is 13.1 Å². The number of alkyl halides is 4. The van der Waals surface area contributed by atoms with Crippen LogP contribution >= 0.6 is 11.6 Å². The first-order valence-electron chi connectivity index (χ1n) is 6.85. The van der Waals surface area contributed by atoms with E-state index in [2.05, 4.69) is 0 Å². The smallest absolute Gasteiger partial charge is 0.342 e. The van der Waals surface area contributed by atoms with E-state index in [1.165, 1.54) is 12.1 Å². The number of hydrogen-bond donors (Lipinski definition) is 0. The Bertz CT molecular complexity index is 501. The van der Waals surface area contributed by atoms with Gasteiger partial charge in [0.15, 0.2) is 0 Å². The molecule has 21 heavy (non-hydrogen) atoms. The molecular formula is C15H17ClF3NO. The third kappa shape index (κ3) is 4.13. The average molecular weight is 320 g/mol. The van der Waals surface area contributed by atoms with Crippen molar-refractivity contribution >= 4 is 17.5 Å². The van der Waals surface area contributed by atoms with Gasteiger partial charge in [0.05, 0.1) is 12.0 Å². The first-order chi connectivity index (χ1) is 9.77. The molecule has 0 radical (unpaired) electrons. The zero-order valence-corrected chi connectivity index (χ0v) is 12.4. The summed E-state index contributed by atoms with van der Waals surface area (Å²) in [6, 6.07) is 4.74.